The van der Waals surface area contributed by atoms with Gasteiger partial charge in [-0.3, -0.25) is 0 Å². The van der Waals surface area contributed by atoms with Crippen LogP contribution in [0.3, 0.4) is 0 Å². The van der Waals surface area contributed by atoms with Crippen LogP contribution in [0.5, 0.6) is 0 Å². The molecule has 1 nitrogen and oxygen atoms in total. The molecule has 0 fully saturated rings. The molecule has 4 heteroatoms. The van der Waals surface area contributed by atoms with E-state index in [2.05, 4.69) is 19.2 Å². The molecular formula is C16H24F3N. The minimum Gasteiger partial charge on any atom is -0.313 e. The van der Waals surface area contributed by atoms with E-state index < -0.39 is 11.7 Å². The van der Waals surface area contributed by atoms with Crippen molar-refractivity contribution in [1.29, 1.82) is 0 Å². The first-order valence-electron chi connectivity index (χ1n) is 7.29. The quantitative estimate of drug-likeness (QED) is 0.728. The van der Waals surface area contributed by atoms with Crippen molar-refractivity contribution in [2.24, 2.45) is 5.92 Å². The normalized spacial score (nSPS) is 13.8. The Kier molecular flexibility index (Phi) is 6.53. The maximum Gasteiger partial charge on any atom is 0.416 e. The summed E-state index contributed by atoms with van der Waals surface area (Å²) in [6, 6.07) is 5.67. The summed E-state index contributed by atoms with van der Waals surface area (Å²) in [5.74, 6) is 0.235. The summed E-state index contributed by atoms with van der Waals surface area (Å²) in [6.45, 7) is 4.15. The van der Waals surface area contributed by atoms with Crippen molar-refractivity contribution in [2.45, 2.75) is 51.7 Å². The topological polar surface area (TPSA) is 12.0 Å². The molecule has 0 saturated heterocycles. The number of alkyl halides is 3. The summed E-state index contributed by atoms with van der Waals surface area (Å²) in [6.07, 6.45) is -0.459. The van der Waals surface area contributed by atoms with Gasteiger partial charge >= 0.3 is 6.18 Å². The summed E-state index contributed by atoms with van der Waals surface area (Å²) >= 11 is 0. The van der Waals surface area contributed by atoms with Gasteiger partial charge in [-0.25, -0.2) is 0 Å². The molecule has 114 valence electrons. The summed E-state index contributed by atoms with van der Waals surface area (Å²) in [5, 5.41) is 3.10. The maximum atomic E-state index is 13.2. The highest BCUT2D eigenvalue weighted by atomic mass is 19.4. The van der Waals surface area contributed by atoms with Gasteiger partial charge in [0.1, 0.15) is 0 Å². The predicted octanol–water partition coefficient (Wildman–Crippen LogP) is 5.18. The lowest BCUT2D eigenvalue weighted by atomic mass is 9.84. The van der Waals surface area contributed by atoms with E-state index in [0.717, 1.165) is 25.7 Å². The van der Waals surface area contributed by atoms with Gasteiger partial charge < -0.3 is 5.32 Å². The molecule has 0 amide bonds. The smallest absolute Gasteiger partial charge is 0.313 e. The van der Waals surface area contributed by atoms with Crippen LogP contribution < -0.4 is 5.32 Å². The number of benzene rings is 1. The molecule has 1 unspecified atom stereocenters. The van der Waals surface area contributed by atoms with Gasteiger partial charge in [0, 0.05) is 6.04 Å². The van der Waals surface area contributed by atoms with Gasteiger partial charge in [-0.05, 0) is 37.4 Å². The van der Waals surface area contributed by atoms with Crippen molar-refractivity contribution in [3.8, 4) is 0 Å². The molecule has 0 saturated carbocycles. The molecule has 1 N–H and O–H groups in total. The highest BCUT2D eigenvalue weighted by Crippen LogP contribution is 2.38. The first kappa shape index (κ1) is 17.0. The Morgan fingerprint density at radius 3 is 2.05 bits per heavy atom. The second kappa shape index (κ2) is 7.67. The molecule has 0 bridgehead atoms. The molecule has 0 aliphatic rings. The van der Waals surface area contributed by atoms with E-state index in [1.54, 1.807) is 19.2 Å². The Morgan fingerprint density at radius 2 is 1.60 bits per heavy atom. The maximum absolute atomic E-state index is 13.2. The number of halogens is 3. The summed E-state index contributed by atoms with van der Waals surface area (Å²) in [4.78, 5) is 0. The van der Waals surface area contributed by atoms with Gasteiger partial charge in [-0.1, -0.05) is 44.9 Å². The van der Waals surface area contributed by atoms with Crippen molar-refractivity contribution in [3.63, 3.8) is 0 Å². The van der Waals surface area contributed by atoms with Crippen molar-refractivity contribution in [3.05, 3.63) is 35.4 Å². The average molecular weight is 287 g/mol. The molecular weight excluding hydrogens is 263 g/mol. The van der Waals surface area contributed by atoms with Gasteiger partial charge in [0.2, 0.25) is 0 Å². The second-order valence-electron chi connectivity index (χ2n) is 5.19. The molecule has 0 aromatic heterocycles. The van der Waals surface area contributed by atoms with Gasteiger partial charge in [-0.15, -0.1) is 0 Å². The Morgan fingerprint density at radius 1 is 1.05 bits per heavy atom. The van der Waals surface area contributed by atoms with E-state index in [0.29, 0.717) is 5.56 Å². The minimum absolute atomic E-state index is 0.235. The van der Waals surface area contributed by atoms with Crippen molar-refractivity contribution >= 4 is 0 Å². The number of hydrogen-bond acceptors (Lipinski definition) is 1. The van der Waals surface area contributed by atoms with Gasteiger partial charge in [0.15, 0.2) is 0 Å². The third kappa shape index (κ3) is 4.23. The standard InChI is InChI=1S/C16H24F3N/c1-4-8-12(9-5-2)15(20-3)13-10-6-7-11-14(13)16(17,18)19/h6-7,10-12,15,20H,4-5,8-9H2,1-3H3. The Balaban J connectivity index is 3.17. The molecule has 0 spiro atoms. The lowest BCUT2D eigenvalue weighted by molar-refractivity contribution is -0.138. The largest absolute Gasteiger partial charge is 0.416 e. The first-order valence-corrected chi connectivity index (χ1v) is 7.29. The van der Waals surface area contributed by atoms with E-state index in [9.17, 15) is 13.2 Å². The van der Waals surface area contributed by atoms with E-state index in [4.69, 9.17) is 0 Å². The van der Waals surface area contributed by atoms with Gasteiger partial charge in [0.25, 0.3) is 0 Å². The van der Waals surface area contributed by atoms with Crippen molar-refractivity contribution in [1.82, 2.24) is 5.32 Å². The van der Waals surface area contributed by atoms with E-state index in [1.807, 2.05) is 0 Å². The monoisotopic (exact) mass is 287 g/mol. The fraction of sp³-hybridized carbons (Fsp3) is 0.625. The second-order valence-corrected chi connectivity index (χ2v) is 5.19. The average Bonchev–Trinajstić information content (AvgIpc) is 2.39. The predicted molar refractivity (Wildman–Crippen MR) is 76.6 cm³/mol. The van der Waals surface area contributed by atoms with Crippen LogP contribution in [0.2, 0.25) is 0 Å². The fourth-order valence-electron chi connectivity index (χ4n) is 2.89. The van der Waals surface area contributed by atoms with Crippen molar-refractivity contribution in [2.75, 3.05) is 7.05 Å². The Bertz CT molecular complexity index is 395. The van der Waals surface area contributed by atoms with Gasteiger partial charge in [-0.2, -0.15) is 13.2 Å². The summed E-state index contributed by atoms with van der Waals surface area (Å²) < 4.78 is 39.5. The lowest BCUT2D eigenvalue weighted by Gasteiger charge is -2.29. The zero-order valence-corrected chi connectivity index (χ0v) is 12.4. The molecule has 0 aliphatic carbocycles. The van der Waals surface area contributed by atoms with Crippen LogP contribution in [0.4, 0.5) is 13.2 Å². The Labute approximate surface area is 119 Å². The Hall–Kier alpha value is -1.03. The molecule has 20 heavy (non-hydrogen) atoms. The van der Waals surface area contributed by atoms with Crippen LogP contribution in [0.1, 0.15) is 56.7 Å². The summed E-state index contributed by atoms with van der Waals surface area (Å²) in [7, 11) is 1.75. The van der Waals surface area contributed by atoms with Crippen LogP contribution in [0, 0.1) is 5.92 Å². The number of hydrogen-bond donors (Lipinski definition) is 1. The van der Waals surface area contributed by atoms with E-state index >= 15 is 0 Å². The van der Waals surface area contributed by atoms with Crippen LogP contribution in [-0.2, 0) is 6.18 Å². The number of rotatable bonds is 7. The third-order valence-corrected chi connectivity index (χ3v) is 3.70. The minimum atomic E-state index is -4.30. The zero-order chi connectivity index (χ0) is 15.2. The first-order chi connectivity index (χ1) is 9.45. The lowest BCUT2D eigenvalue weighted by Crippen LogP contribution is -2.28. The van der Waals surface area contributed by atoms with Crippen LogP contribution in [0.15, 0.2) is 24.3 Å². The molecule has 0 radical (unpaired) electrons. The third-order valence-electron chi connectivity index (χ3n) is 3.70. The SMILES string of the molecule is CCCC(CCC)C(NC)c1ccccc1C(F)(F)F. The van der Waals surface area contributed by atoms with Crippen LogP contribution in [0.25, 0.3) is 0 Å². The molecule has 1 aromatic rings. The fourth-order valence-corrected chi connectivity index (χ4v) is 2.89. The van der Waals surface area contributed by atoms with E-state index in [-0.39, 0.29) is 12.0 Å². The summed E-state index contributed by atoms with van der Waals surface area (Å²) in [5.41, 5.74) is -0.147. The molecule has 1 rings (SSSR count). The van der Waals surface area contributed by atoms with E-state index in [1.165, 1.54) is 12.1 Å². The van der Waals surface area contributed by atoms with Crippen molar-refractivity contribution < 1.29 is 13.2 Å². The van der Waals surface area contributed by atoms with Crippen LogP contribution in [-0.4, -0.2) is 7.05 Å². The van der Waals surface area contributed by atoms with Crippen LogP contribution >= 0.6 is 0 Å². The molecule has 1 atom stereocenters. The molecule has 0 aliphatic heterocycles. The highest BCUT2D eigenvalue weighted by molar-refractivity contribution is 5.32. The molecule has 1 aromatic carbocycles. The molecule has 0 heterocycles. The number of nitrogens with one attached hydrogen (secondary N) is 1. The van der Waals surface area contributed by atoms with Gasteiger partial charge in [0.05, 0.1) is 5.56 Å². The zero-order valence-electron chi connectivity index (χ0n) is 12.4. The highest BCUT2D eigenvalue weighted by Gasteiger charge is 2.36.